The molecule has 0 fully saturated rings. The van der Waals surface area contributed by atoms with Crippen molar-refractivity contribution in [3.05, 3.63) is 70.3 Å². The number of rotatable bonds is 1. The van der Waals surface area contributed by atoms with E-state index in [1.165, 1.54) is 27.8 Å². The van der Waals surface area contributed by atoms with Crippen LogP contribution >= 0.6 is 0 Å². The second-order valence-electron chi connectivity index (χ2n) is 5.60. The van der Waals surface area contributed by atoms with Gasteiger partial charge in [-0.2, -0.15) is 0 Å². The Bertz CT molecular complexity index is 573. The summed E-state index contributed by atoms with van der Waals surface area (Å²) < 4.78 is 0. The molecule has 18 heavy (non-hydrogen) atoms. The van der Waals surface area contributed by atoms with Crippen LogP contribution in [0.1, 0.15) is 27.8 Å². The van der Waals surface area contributed by atoms with Gasteiger partial charge in [-0.25, -0.2) is 0 Å². The Balaban J connectivity index is 2.06. The van der Waals surface area contributed by atoms with E-state index in [1.54, 1.807) is 0 Å². The summed E-state index contributed by atoms with van der Waals surface area (Å²) in [5.41, 5.74) is 13.2. The van der Waals surface area contributed by atoms with Crippen molar-refractivity contribution < 1.29 is 0 Å². The quantitative estimate of drug-likeness (QED) is 0.809. The molecule has 2 aromatic rings. The maximum Gasteiger partial charge on any atom is 0.0494 e. The number of benzene rings is 2. The van der Waals surface area contributed by atoms with Gasteiger partial charge in [0.2, 0.25) is 0 Å². The monoisotopic (exact) mass is 237 g/mol. The molecule has 2 aromatic carbocycles. The van der Waals surface area contributed by atoms with Gasteiger partial charge < -0.3 is 5.73 Å². The maximum absolute atomic E-state index is 6.70. The molecule has 0 bridgehead atoms. The maximum atomic E-state index is 6.70. The third-order valence-electron chi connectivity index (χ3n) is 4.06. The molecule has 0 amide bonds. The van der Waals surface area contributed by atoms with Crippen LogP contribution < -0.4 is 5.73 Å². The van der Waals surface area contributed by atoms with Gasteiger partial charge in [0.1, 0.15) is 0 Å². The van der Waals surface area contributed by atoms with Crippen LogP contribution in [0.4, 0.5) is 0 Å². The van der Waals surface area contributed by atoms with Crippen molar-refractivity contribution >= 4 is 0 Å². The first-order chi connectivity index (χ1) is 8.58. The van der Waals surface area contributed by atoms with Crippen LogP contribution in [0, 0.1) is 13.8 Å². The zero-order valence-corrected chi connectivity index (χ0v) is 11.0. The second kappa shape index (κ2) is 3.96. The first-order valence-electron chi connectivity index (χ1n) is 6.52. The summed E-state index contributed by atoms with van der Waals surface area (Å²) in [4.78, 5) is 0. The summed E-state index contributed by atoms with van der Waals surface area (Å²) in [6.45, 7) is 4.29. The molecule has 1 aliphatic carbocycles. The lowest BCUT2D eigenvalue weighted by atomic mass is 9.84. The largest absolute Gasteiger partial charge is 0.321 e. The van der Waals surface area contributed by atoms with E-state index in [4.69, 9.17) is 5.73 Å². The van der Waals surface area contributed by atoms with E-state index in [1.807, 2.05) is 0 Å². The van der Waals surface area contributed by atoms with Crippen molar-refractivity contribution in [2.75, 3.05) is 0 Å². The topological polar surface area (TPSA) is 26.0 Å². The van der Waals surface area contributed by atoms with Crippen LogP contribution in [0.25, 0.3) is 0 Å². The highest BCUT2D eigenvalue weighted by Gasteiger charge is 2.35. The SMILES string of the molecule is Cc1ccc(C)c(C2(N)Cc3ccccc3C2)c1. The number of hydrogen-bond acceptors (Lipinski definition) is 1. The molecule has 3 rings (SSSR count). The second-order valence-corrected chi connectivity index (χ2v) is 5.60. The van der Waals surface area contributed by atoms with Crippen LogP contribution in [0.15, 0.2) is 42.5 Å². The molecule has 1 heteroatoms. The van der Waals surface area contributed by atoms with Gasteiger partial charge in [0.05, 0.1) is 0 Å². The highest BCUT2D eigenvalue weighted by molar-refractivity contribution is 5.44. The van der Waals surface area contributed by atoms with Gasteiger partial charge in [-0.1, -0.05) is 48.0 Å². The Morgan fingerprint density at radius 3 is 2.17 bits per heavy atom. The Hall–Kier alpha value is -1.60. The summed E-state index contributed by atoms with van der Waals surface area (Å²) in [5, 5.41) is 0. The summed E-state index contributed by atoms with van der Waals surface area (Å²) in [6, 6.07) is 15.2. The Morgan fingerprint density at radius 2 is 1.56 bits per heavy atom. The van der Waals surface area contributed by atoms with Gasteiger partial charge in [-0.05, 0) is 48.9 Å². The molecule has 92 valence electrons. The van der Waals surface area contributed by atoms with Gasteiger partial charge >= 0.3 is 0 Å². The van der Waals surface area contributed by atoms with Crippen LogP contribution in [0.3, 0.4) is 0 Å². The lowest BCUT2D eigenvalue weighted by Gasteiger charge is -2.26. The minimum Gasteiger partial charge on any atom is -0.321 e. The van der Waals surface area contributed by atoms with E-state index in [9.17, 15) is 0 Å². The normalized spacial score (nSPS) is 16.6. The third-order valence-corrected chi connectivity index (χ3v) is 4.06. The summed E-state index contributed by atoms with van der Waals surface area (Å²) in [6.07, 6.45) is 1.90. The van der Waals surface area contributed by atoms with Crippen molar-refractivity contribution in [1.29, 1.82) is 0 Å². The zero-order valence-electron chi connectivity index (χ0n) is 11.0. The van der Waals surface area contributed by atoms with E-state index in [2.05, 4.69) is 56.3 Å². The fourth-order valence-corrected chi connectivity index (χ4v) is 3.11. The number of nitrogens with two attached hydrogens (primary N) is 1. The Morgan fingerprint density at radius 1 is 0.944 bits per heavy atom. The van der Waals surface area contributed by atoms with Gasteiger partial charge in [-0.3, -0.25) is 0 Å². The molecule has 1 aliphatic rings. The molecule has 0 aliphatic heterocycles. The smallest absolute Gasteiger partial charge is 0.0494 e. The van der Waals surface area contributed by atoms with Gasteiger partial charge in [0, 0.05) is 5.54 Å². The molecule has 2 N–H and O–H groups in total. The molecule has 1 nitrogen and oxygen atoms in total. The molecule has 0 saturated heterocycles. The van der Waals surface area contributed by atoms with E-state index >= 15 is 0 Å². The molecule has 0 spiro atoms. The van der Waals surface area contributed by atoms with Crippen LogP contribution in [-0.2, 0) is 18.4 Å². The standard InChI is InChI=1S/C17H19N/c1-12-7-8-13(2)16(9-12)17(18)10-14-5-3-4-6-15(14)11-17/h3-9H,10-11,18H2,1-2H3. The molecule has 0 radical (unpaired) electrons. The van der Waals surface area contributed by atoms with Gasteiger partial charge in [0.25, 0.3) is 0 Å². The van der Waals surface area contributed by atoms with Gasteiger partial charge in [0.15, 0.2) is 0 Å². The predicted octanol–water partition coefficient (Wildman–Crippen LogP) is 3.26. The van der Waals surface area contributed by atoms with E-state index in [-0.39, 0.29) is 5.54 Å². The average molecular weight is 237 g/mol. The predicted molar refractivity (Wildman–Crippen MR) is 75.6 cm³/mol. The van der Waals surface area contributed by atoms with Crippen molar-refractivity contribution in [2.24, 2.45) is 5.73 Å². The number of aryl methyl sites for hydroxylation is 2. The molecular formula is C17H19N. The lowest BCUT2D eigenvalue weighted by molar-refractivity contribution is 0.470. The van der Waals surface area contributed by atoms with Gasteiger partial charge in [-0.15, -0.1) is 0 Å². The first kappa shape index (κ1) is 11.5. The van der Waals surface area contributed by atoms with E-state index < -0.39 is 0 Å². The fourth-order valence-electron chi connectivity index (χ4n) is 3.11. The Kier molecular flexibility index (Phi) is 2.53. The first-order valence-corrected chi connectivity index (χ1v) is 6.52. The number of fused-ring (bicyclic) bond motifs is 1. The Labute approximate surface area is 109 Å². The molecular weight excluding hydrogens is 218 g/mol. The van der Waals surface area contributed by atoms with Crippen LogP contribution in [0.5, 0.6) is 0 Å². The molecule has 0 heterocycles. The minimum atomic E-state index is -0.222. The summed E-state index contributed by atoms with van der Waals surface area (Å²) in [5.74, 6) is 0. The zero-order chi connectivity index (χ0) is 12.8. The van der Waals surface area contributed by atoms with Crippen LogP contribution in [0.2, 0.25) is 0 Å². The molecule has 0 atom stereocenters. The molecule has 0 unspecified atom stereocenters. The highest BCUT2D eigenvalue weighted by atomic mass is 14.8. The molecule has 0 saturated carbocycles. The lowest BCUT2D eigenvalue weighted by Crippen LogP contribution is -2.38. The number of hydrogen-bond donors (Lipinski definition) is 1. The summed E-state index contributed by atoms with van der Waals surface area (Å²) in [7, 11) is 0. The minimum absolute atomic E-state index is 0.222. The molecule has 0 aromatic heterocycles. The van der Waals surface area contributed by atoms with Crippen LogP contribution in [-0.4, -0.2) is 0 Å². The van der Waals surface area contributed by atoms with Crippen molar-refractivity contribution in [2.45, 2.75) is 32.2 Å². The average Bonchev–Trinajstić information content (AvgIpc) is 2.69. The van der Waals surface area contributed by atoms with E-state index in [0.29, 0.717) is 0 Å². The van der Waals surface area contributed by atoms with Crippen molar-refractivity contribution in [3.8, 4) is 0 Å². The van der Waals surface area contributed by atoms with Crippen molar-refractivity contribution in [1.82, 2.24) is 0 Å². The fraction of sp³-hybridized carbons (Fsp3) is 0.294. The van der Waals surface area contributed by atoms with E-state index in [0.717, 1.165) is 12.8 Å². The third kappa shape index (κ3) is 1.75. The van der Waals surface area contributed by atoms with Crippen molar-refractivity contribution in [3.63, 3.8) is 0 Å². The highest BCUT2D eigenvalue weighted by Crippen LogP contribution is 2.37. The summed E-state index contributed by atoms with van der Waals surface area (Å²) >= 11 is 0.